The first kappa shape index (κ1) is 13.1. The van der Waals surface area contributed by atoms with Crippen LogP contribution in [-0.2, 0) is 4.79 Å². The largest absolute Gasteiger partial charge is 0.481 e. The Hall–Kier alpha value is -1.35. The zero-order valence-corrected chi connectivity index (χ0v) is 10.5. The topological polar surface area (TPSA) is 57.5 Å². The van der Waals surface area contributed by atoms with Crippen LogP contribution in [0.15, 0.2) is 30.3 Å². The molecule has 1 aromatic carbocycles. The average molecular weight is 248 g/mol. The van der Waals surface area contributed by atoms with Crippen molar-refractivity contribution in [2.45, 2.75) is 44.1 Å². The summed E-state index contributed by atoms with van der Waals surface area (Å²) >= 11 is 0. The molecule has 0 radical (unpaired) electrons. The van der Waals surface area contributed by atoms with Crippen molar-refractivity contribution in [3.63, 3.8) is 0 Å². The predicted molar refractivity (Wildman–Crippen MR) is 69.4 cm³/mol. The van der Waals surface area contributed by atoms with Gasteiger partial charge in [0.15, 0.2) is 0 Å². The number of hydrogen-bond acceptors (Lipinski definition) is 2. The molecular weight excluding hydrogens is 228 g/mol. The third-order valence-electron chi connectivity index (χ3n) is 3.90. The van der Waals surface area contributed by atoms with Crippen LogP contribution >= 0.6 is 0 Å². The third kappa shape index (κ3) is 2.91. The van der Waals surface area contributed by atoms with Gasteiger partial charge < -0.3 is 10.2 Å². The van der Waals surface area contributed by atoms with Gasteiger partial charge in [-0.25, -0.2) is 0 Å². The molecule has 0 spiro atoms. The van der Waals surface area contributed by atoms with Crippen LogP contribution in [0, 0.1) is 5.92 Å². The second kappa shape index (κ2) is 6.01. The van der Waals surface area contributed by atoms with Crippen LogP contribution in [0.4, 0.5) is 0 Å². The standard InChI is InChI=1S/C15H20O3/c16-14(12-9-5-2-6-10-12)13(15(17)18)11-7-3-1-4-8-11/h1,3-4,7-8,12-14,16H,2,5-6,9-10H2,(H,17,18)/t13-,14+/m0/s1. The van der Waals surface area contributed by atoms with E-state index in [0.717, 1.165) is 25.7 Å². The fraction of sp³-hybridized carbons (Fsp3) is 0.533. The van der Waals surface area contributed by atoms with Crippen molar-refractivity contribution in [2.24, 2.45) is 5.92 Å². The molecule has 0 aliphatic heterocycles. The molecule has 0 bridgehead atoms. The molecule has 0 saturated heterocycles. The van der Waals surface area contributed by atoms with Gasteiger partial charge in [0.25, 0.3) is 0 Å². The molecule has 0 heterocycles. The number of rotatable bonds is 4. The highest BCUT2D eigenvalue weighted by atomic mass is 16.4. The van der Waals surface area contributed by atoms with Gasteiger partial charge in [0.2, 0.25) is 0 Å². The van der Waals surface area contributed by atoms with E-state index in [9.17, 15) is 15.0 Å². The Bertz CT molecular complexity index is 382. The zero-order valence-electron chi connectivity index (χ0n) is 10.5. The second-order valence-corrected chi connectivity index (χ2v) is 5.12. The Morgan fingerprint density at radius 3 is 2.28 bits per heavy atom. The molecular formula is C15H20O3. The maximum Gasteiger partial charge on any atom is 0.313 e. The molecule has 1 aliphatic rings. The molecule has 3 heteroatoms. The minimum Gasteiger partial charge on any atom is -0.481 e. The minimum absolute atomic E-state index is 0.125. The van der Waals surface area contributed by atoms with Gasteiger partial charge in [0, 0.05) is 0 Å². The lowest BCUT2D eigenvalue weighted by Crippen LogP contribution is -2.33. The van der Waals surface area contributed by atoms with Gasteiger partial charge in [-0.15, -0.1) is 0 Å². The van der Waals surface area contributed by atoms with Gasteiger partial charge in [0.05, 0.1) is 6.10 Å². The van der Waals surface area contributed by atoms with Crippen molar-refractivity contribution in [3.05, 3.63) is 35.9 Å². The predicted octanol–water partition coefficient (Wildman–Crippen LogP) is 2.80. The minimum atomic E-state index is -0.931. The maximum absolute atomic E-state index is 11.4. The number of carbonyl (C=O) groups is 1. The van der Waals surface area contributed by atoms with Crippen LogP contribution < -0.4 is 0 Å². The maximum atomic E-state index is 11.4. The number of aliphatic hydroxyl groups excluding tert-OH is 1. The number of hydrogen-bond donors (Lipinski definition) is 2. The van der Waals surface area contributed by atoms with Gasteiger partial charge in [-0.05, 0) is 24.3 Å². The molecule has 1 aliphatic carbocycles. The first-order valence-corrected chi connectivity index (χ1v) is 6.66. The van der Waals surface area contributed by atoms with Crippen molar-refractivity contribution in [1.82, 2.24) is 0 Å². The molecule has 1 saturated carbocycles. The Balaban J connectivity index is 2.17. The average Bonchev–Trinajstić information content (AvgIpc) is 2.40. The van der Waals surface area contributed by atoms with Crippen LogP contribution in [0.5, 0.6) is 0 Å². The van der Waals surface area contributed by atoms with Gasteiger partial charge in [-0.3, -0.25) is 4.79 Å². The summed E-state index contributed by atoms with van der Waals surface area (Å²) in [5.41, 5.74) is 0.697. The van der Waals surface area contributed by atoms with E-state index in [-0.39, 0.29) is 5.92 Å². The SMILES string of the molecule is O=C(O)[C@@H](c1ccccc1)[C@H](O)C1CCCCC1. The van der Waals surface area contributed by atoms with E-state index in [4.69, 9.17) is 0 Å². The molecule has 1 aromatic rings. The normalized spacial score (nSPS) is 20.3. The highest BCUT2D eigenvalue weighted by molar-refractivity contribution is 5.76. The second-order valence-electron chi connectivity index (χ2n) is 5.12. The highest BCUT2D eigenvalue weighted by Crippen LogP contribution is 2.33. The Morgan fingerprint density at radius 1 is 1.11 bits per heavy atom. The highest BCUT2D eigenvalue weighted by Gasteiger charge is 2.34. The van der Waals surface area contributed by atoms with E-state index in [1.807, 2.05) is 18.2 Å². The van der Waals surface area contributed by atoms with Crippen LogP contribution in [-0.4, -0.2) is 22.3 Å². The number of carboxylic acid groups (broad SMARTS) is 1. The Kier molecular flexibility index (Phi) is 4.37. The van der Waals surface area contributed by atoms with Crippen LogP contribution in [0.3, 0.4) is 0 Å². The van der Waals surface area contributed by atoms with Crippen molar-refractivity contribution in [3.8, 4) is 0 Å². The van der Waals surface area contributed by atoms with E-state index >= 15 is 0 Å². The van der Waals surface area contributed by atoms with Crippen molar-refractivity contribution in [1.29, 1.82) is 0 Å². The molecule has 3 nitrogen and oxygen atoms in total. The van der Waals surface area contributed by atoms with E-state index in [2.05, 4.69) is 0 Å². The van der Waals surface area contributed by atoms with Gasteiger partial charge in [0.1, 0.15) is 5.92 Å². The molecule has 2 N–H and O–H groups in total. The molecule has 0 amide bonds. The molecule has 2 rings (SSSR count). The van der Waals surface area contributed by atoms with Gasteiger partial charge in [-0.2, -0.15) is 0 Å². The number of aliphatic hydroxyl groups is 1. The monoisotopic (exact) mass is 248 g/mol. The Morgan fingerprint density at radius 2 is 1.72 bits per heavy atom. The summed E-state index contributed by atoms with van der Waals surface area (Å²) in [6.07, 6.45) is 4.51. The molecule has 0 unspecified atom stereocenters. The summed E-state index contributed by atoms with van der Waals surface area (Å²) < 4.78 is 0. The van der Waals surface area contributed by atoms with Gasteiger partial charge >= 0.3 is 5.97 Å². The van der Waals surface area contributed by atoms with E-state index < -0.39 is 18.0 Å². The number of carboxylic acids is 1. The summed E-state index contributed by atoms with van der Waals surface area (Å²) in [7, 11) is 0. The summed E-state index contributed by atoms with van der Waals surface area (Å²) in [4.78, 5) is 11.4. The summed E-state index contributed by atoms with van der Waals surface area (Å²) in [6.45, 7) is 0. The quantitative estimate of drug-likeness (QED) is 0.861. The zero-order chi connectivity index (χ0) is 13.0. The van der Waals surface area contributed by atoms with Crippen molar-refractivity contribution >= 4 is 5.97 Å². The van der Waals surface area contributed by atoms with E-state index in [0.29, 0.717) is 5.56 Å². The summed E-state index contributed by atoms with van der Waals surface area (Å²) in [5, 5.41) is 19.7. The lowest BCUT2D eigenvalue weighted by molar-refractivity contribution is -0.143. The summed E-state index contributed by atoms with van der Waals surface area (Å²) in [5.74, 6) is -1.60. The lowest BCUT2D eigenvalue weighted by atomic mass is 9.78. The third-order valence-corrected chi connectivity index (χ3v) is 3.90. The van der Waals surface area contributed by atoms with E-state index in [1.54, 1.807) is 12.1 Å². The number of aliphatic carboxylic acids is 1. The molecule has 1 fully saturated rings. The smallest absolute Gasteiger partial charge is 0.313 e. The lowest BCUT2D eigenvalue weighted by Gasteiger charge is -2.30. The van der Waals surface area contributed by atoms with Crippen LogP contribution in [0.1, 0.15) is 43.6 Å². The molecule has 0 aromatic heterocycles. The van der Waals surface area contributed by atoms with Crippen molar-refractivity contribution < 1.29 is 15.0 Å². The molecule has 18 heavy (non-hydrogen) atoms. The first-order chi connectivity index (χ1) is 8.70. The summed E-state index contributed by atoms with van der Waals surface area (Å²) in [6, 6.07) is 9.06. The van der Waals surface area contributed by atoms with E-state index in [1.165, 1.54) is 6.42 Å². The Labute approximate surface area is 107 Å². The van der Waals surface area contributed by atoms with Crippen LogP contribution in [0.25, 0.3) is 0 Å². The number of benzene rings is 1. The van der Waals surface area contributed by atoms with Crippen molar-refractivity contribution in [2.75, 3.05) is 0 Å². The fourth-order valence-corrected chi connectivity index (χ4v) is 2.89. The molecule has 2 atom stereocenters. The first-order valence-electron chi connectivity index (χ1n) is 6.66. The fourth-order valence-electron chi connectivity index (χ4n) is 2.89. The van der Waals surface area contributed by atoms with Gasteiger partial charge in [-0.1, -0.05) is 49.6 Å². The van der Waals surface area contributed by atoms with Crippen LogP contribution in [0.2, 0.25) is 0 Å². The molecule has 98 valence electrons.